The average molecular weight is 170 g/mol. The molecule has 0 rings (SSSR count). The lowest BCUT2D eigenvalue weighted by atomic mass is 10.7. The van der Waals surface area contributed by atoms with Gasteiger partial charge in [-0.05, 0) is 0 Å². The molecular formula is C3H10N2O2S2. The third kappa shape index (κ3) is 67.7. The molecule has 0 saturated heterocycles. The van der Waals surface area contributed by atoms with E-state index in [9.17, 15) is 0 Å². The Morgan fingerprint density at radius 1 is 1.67 bits per heavy atom. The Kier molecular flexibility index (Phi) is 10.7. The Balaban J connectivity index is 0. The SMILES string of the molecule is NC(=S)S.NCC(O)O. The van der Waals surface area contributed by atoms with Gasteiger partial charge in [0.25, 0.3) is 0 Å². The van der Waals surface area contributed by atoms with E-state index in [1.807, 2.05) is 0 Å². The zero-order valence-electron chi connectivity index (χ0n) is 4.69. The maximum atomic E-state index is 7.79. The van der Waals surface area contributed by atoms with Crippen molar-refractivity contribution in [2.24, 2.45) is 11.5 Å². The van der Waals surface area contributed by atoms with Gasteiger partial charge < -0.3 is 21.7 Å². The molecule has 6 heteroatoms. The summed E-state index contributed by atoms with van der Waals surface area (Å²) in [6.45, 7) is -0.0833. The molecule has 0 fully saturated rings. The van der Waals surface area contributed by atoms with Crippen LogP contribution < -0.4 is 11.5 Å². The second-order valence-corrected chi connectivity index (χ2v) is 2.28. The van der Waals surface area contributed by atoms with E-state index in [0.717, 1.165) is 0 Å². The number of thiocarbonyl (C=S) groups is 1. The van der Waals surface area contributed by atoms with Crippen molar-refractivity contribution < 1.29 is 10.2 Å². The first-order chi connectivity index (χ1) is 4.00. The minimum Gasteiger partial charge on any atom is -0.385 e. The Morgan fingerprint density at radius 3 is 1.78 bits per heavy atom. The maximum absolute atomic E-state index is 7.79. The fourth-order valence-corrected chi connectivity index (χ4v) is 0. The van der Waals surface area contributed by atoms with Crippen molar-refractivity contribution in [3.8, 4) is 0 Å². The first-order valence-electron chi connectivity index (χ1n) is 2.05. The van der Waals surface area contributed by atoms with Crippen LogP contribution in [-0.4, -0.2) is 27.4 Å². The van der Waals surface area contributed by atoms with Gasteiger partial charge in [-0.15, -0.1) is 12.6 Å². The van der Waals surface area contributed by atoms with Crippen LogP contribution in [0, 0.1) is 0 Å². The molecule has 0 saturated carbocycles. The number of nitrogens with two attached hydrogens (primary N) is 2. The number of rotatable bonds is 1. The summed E-state index contributed by atoms with van der Waals surface area (Å²) >= 11 is 7.65. The summed E-state index contributed by atoms with van der Waals surface area (Å²) in [6, 6.07) is 0. The molecule has 4 nitrogen and oxygen atoms in total. The normalized spacial score (nSPS) is 8.11. The first-order valence-corrected chi connectivity index (χ1v) is 2.90. The molecular weight excluding hydrogens is 160 g/mol. The predicted molar refractivity (Wildman–Crippen MR) is 43.1 cm³/mol. The summed E-state index contributed by atoms with van der Waals surface area (Å²) < 4.78 is 0.194. The van der Waals surface area contributed by atoms with E-state index in [-0.39, 0.29) is 10.9 Å². The molecule has 0 atom stereocenters. The Labute approximate surface area is 64.3 Å². The third-order valence-electron chi connectivity index (χ3n) is 0.211. The van der Waals surface area contributed by atoms with Gasteiger partial charge in [0.05, 0.1) is 0 Å². The van der Waals surface area contributed by atoms with E-state index in [2.05, 4.69) is 30.6 Å². The minimum atomic E-state index is -1.34. The smallest absolute Gasteiger partial charge is 0.163 e. The van der Waals surface area contributed by atoms with Gasteiger partial charge in [-0.3, -0.25) is 0 Å². The molecule has 0 heterocycles. The molecule has 0 aliphatic carbocycles. The van der Waals surface area contributed by atoms with Crippen LogP contribution in [0.1, 0.15) is 0 Å². The van der Waals surface area contributed by atoms with Crippen LogP contribution in [0.2, 0.25) is 0 Å². The van der Waals surface area contributed by atoms with Gasteiger partial charge in [0.15, 0.2) is 6.29 Å². The number of aliphatic hydroxyl groups is 2. The van der Waals surface area contributed by atoms with Gasteiger partial charge in [0.1, 0.15) is 4.32 Å². The van der Waals surface area contributed by atoms with E-state index < -0.39 is 6.29 Å². The largest absolute Gasteiger partial charge is 0.385 e. The van der Waals surface area contributed by atoms with Gasteiger partial charge in [-0.2, -0.15) is 0 Å². The number of aliphatic hydroxyl groups excluding tert-OH is 1. The number of hydrogen-bond acceptors (Lipinski definition) is 4. The highest BCUT2D eigenvalue weighted by Crippen LogP contribution is 1.63. The molecule has 0 aromatic rings. The van der Waals surface area contributed by atoms with Gasteiger partial charge >= 0.3 is 0 Å². The number of thiol groups is 1. The molecule has 0 amide bonds. The maximum Gasteiger partial charge on any atom is 0.163 e. The lowest BCUT2D eigenvalue weighted by molar-refractivity contribution is -0.0309. The van der Waals surface area contributed by atoms with Crippen LogP contribution in [-0.2, 0) is 0 Å². The number of hydrogen-bond donors (Lipinski definition) is 5. The van der Waals surface area contributed by atoms with Gasteiger partial charge in [0, 0.05) is 6.54 Å². The highest BCUT2D eigenvalue weighted by Gasteiger charge is 1.83. The third-order valence-corrected chi connectivity index (χ3v) is 0.211. The molecule has 0 aromatic carbocycles. The van der Waals surface area contributed by atoms with Gasteiger partial charge in [0.2, 0.25) is 0 Å². The monoisotopic (exact) mass is 170 g/mol. The summed E-state index contributed by atoms with van der Waals surface area (Å²) in [5, 5.41) is 15.6. The zero-order chi connectivity index (χ0) is 7.86. The van der Waals surface area contributed by atoms with Crippen LogP contribution in [0.3, 0.4) is 0 Å². The highest BCUT2D eigenvalue weighted by molar-refractivity contribution is 8.10. The Bertz CT molecular complexity index is 74.2. The Morgan fingerprint density at radius 2 is 1.78 bits per heavy atom. The summed E-state index contributed by atoms with van der Waals surface area (Å²) in [4.78, 5) is 0. The second kappa shape index (κ2) is 8.12. The van der Waals surface area contributed by atoms with Gasteiger partial charge in [-0.1, -0.05) is 12.2 Å². The summed E-state index contributed by atoms with van der Waals surface area (Å²) in [5.74, 6) is 0. The first kappa shape index (κ1) is 11.9. The minimum absolute atomic E-state index is 0.0833. The lowest BCUT2D eigenvalue weighted by Crippen LogP contribution is -2.17. The van der Waals surface area contributed by atoms with Crippen molar-refractivity contribution >= 4 is 29.2 Å². The van der Waals surface area contributed by atoms with Crippen LogP contribution in [0.5, 0.6) is 0 Å². The highest BCUT2D eigenvalue weighted by atomic mass is 32.1. The zero-order valence-corrected chi connectivity index (χ0v) is 6.40. The molecule has 0 aromatic heterocycles. The standard InChI is InChI=1S/C2H7NO2.CH3NS2/c3-1-2(4)5;2-1(3)4/h2,4-5H,1,3H2;(H3,2,3,4). The van der Waals surface area contributed by atoms with Crippen molar-refractivity contribution in [2.75, 3.05) is 6.54 Å². The molecule has 56 valence electrons. The van der Waals surface area contributed by atoms with Crippen molar-refractivity contribution in [3.05, 3.63) is 0 Å². The van der Waals surface area contributed by atoms with Gasteiger partial charge in [-0.25, -0.2) is 0 Å². The van der Waals surface area contributed by atoms with Crippen molar-refractivity contribution in [3.63, 3.8) is 0 Å². The molecule has 0 unspecified atom stereocenters. The Hall–Kier alpha value is 0.120. The molecule has 0 aliphatic heterocycles. The van der Waals surface area contributed by atoms with E-state index in [0.29, 0.717) is 0 Å². The lowest BCUT2D eigenvalue weighted by Gasteiger charge is -1.90. The van der Waals surface area contributed by atoms with E-state index >= 15 is 0 Å². The predicted octanol–water partition coefficient (Wildman–Crippen LogP) is -1.58. The van der Waals surface area contributed by atoms with Crippen LogP contribution >= 0.6 is 24.8 Å². The average Bonchev–Trinajstić information content (AvgIpc) is 1.65. The van der Waals surface area contributed by atoms with E-state index in [1.54, 1.807) is 0 Å². The van der Waals surface area contributed by atoms with E-state index in [1.165, 1.54) is 0 Å². The van der Waals surface area contributed by atoms with Crippen LogP contribution in [0.15, 0.2) is 0 Å². The summed E-state index contributed by atoms with van der Waals surface area (Å²) in [7, 11) is 0. The summed E-state index contributed by atoms with van der Waals surface area (Å²) in [5.41, 5.74) is 9.38. The molecule has 0 radical (unpaired) electrons. The molecule has 0 aliphatic rings. The molecule has 9 heavy (non-hydrogen) atoms. The van der Waals surface area contributed by atoms with Crippen molar-refractivity contribution in [2.45, 2.75) is 6.29 Å². The fraction of sp³-hybridized carbons (Fsp3) is 0.667. The van der Waals surface area contributed by atoms with Crippen molar-refractivity contribution in [1.29, 1.82) is 0 Å². The quantitative estimate of drug-likeness (QED) is 0.186. The van der Waals surface area contributed by atoms with E-state index in [4.69, 9.17) is 15.9 Å². The van der Waals surface area contributed by atoms with Crippen LogP contribution in [0.4, 0.5) is 0 Å². The summed E-state index contributed by atoms with van der Waals surface area (Å²) in [6.07, 6.45) is -1.34. The molecule has 6 N–H and O–H groups in total. The molecule has 0 spiro atoms. The second-order valence-electron chi connectivity index (χ2n) is 1.05. The van der Waals surface area contributed by atoms with Crippen molar-refractivity contribution in [1.82, 2.24) is 0 Å². The van der Waals surface area contributed by atoms with Crippen LogP contribution in [0.25, 0.3) is 0 Å². The molecule has 0 bridgehead atoms. The fourth-order valence-electron chi connectivity index (χ4n) is 0. The topological polar surface area (TPSA) is 92.5 Å².